The van der Waals surface area contributed by atoms with Gasteiger partial charge >= 0.3 is 0 Å². The lowest BCUT2D eigenvalue weighted by atomic mass is 10.0. The second-order valence-corrected chi connectivity index (χ2v) is 6.00. The molecule has 0 fully saturated rings. The van der Waals surface area contributed by atoms with Gasteiger partial charge in [0.05, 0.1) is 0 Å². The summed E-state index contributed by atoms with van der Waals surface area (Å²) in [6.07, 6.45) is 6.66. The number of hydrogen-bond acceptors (Lipinski definition) is 1. The van der Waals surface area contributed by atoms with Crippen LogP contribution in [0.15, 0.2) is 30.3 Å². The Labute approximate surface area is 127 Å². The normalized spacial score (nSPS) is 12.8. The lowest BCUT2D eigenvalue weighted by Gasteiger charge is -2.13. The van der Waals surface area contributed by atoms with Crippen LogP contribution in [0.5, 0.6) is 0 Å². The van der Waals surface area contributed by atoms with Crippen molar-refractivity contribution in [1.29, 1.82) is 0 Å². The first kappa shape index (κ1) is 16.8. The SMILES string of the molecule is CC(C)CCC[C@@H](C)NC(=O)/C=C/c1ccccc1Cl. The second kappa shape index (κ2) is 8.80. The molecule has 0 saturated carbocycles. The van der Waals surface area contributed by atoms with E-state index >= 15 is 0 Å². The quantitative estimate of drug-likeness (QED) is 0.726. The summed E-state index contributed by atoms with van der Waals surface area (Å²) in [6.45, 7) is 6.48. The molecule has 110 valence electrons. The molecule has 1 amide bonds. The molecular formula is C17H24ClNO. The lowest BCUT2D eigenvalue weighted by Crippen LogP contribution is -2.31. The van der Waals surface area contributed by atoms with Gasteiger partial charge in [-0.15, -0.1) is 0 Å². The highest BCUT2D eigenvalue weighted by molar-refractivity contribution is 6.32. The van der Waals surface area contributed by atoms with Gasteiger partial charge in [-0.05, 0) is 37.0 Å². The van der Waals surface area contributed by atoms with Crippen LogP contribution in [0.3, 0.4) is 0 Å². The molecule has 1 aromatic rings. The molecule has 3 heteroatoms. The number of nitrogens with one attached hydrogen (secondary N) is 1. The van der Waals surface area contributed by atoms with E-state index in [1.54, 1.807) is 12.2 Å². The van der Waals surface area contributed by atoms with Crippen molar-refractivity contribution in [3.63, 3.8) is 0 Å². The van der Waals surface area contributed by atoms with Crippen LogP contribution < -0.4 is 5.32 Å². The Morgan fingerprint density at radius 3 is 2.60 bits per heavy atom. The first-order valence-electron chi connectivity index (χ1n) is 7.22. The van der Waals surface area contributed by atoms with Crippen molar-refractivity contribution in [1.82, 2.24) is 5.32 Å². The Morgan fingerprint density at radius 2 is 1.95 bits per heavy atom. The standard InChI is InChI=1S/C17H24ClNO/c1-13(2)7-6-8-14(3)19-17(20)12-11-15-9-4-5-10-16(15)18/h4-5,9-14H,6-8H2,1-3H3,(H,19,20)/b12-11+/t14-/m1/s1. The van der Waals surface area contributed by atoms with Crippen LogP contribution in [-0.2, 0) is 4.79 Å². The number of hydrogen-bond donors (Lipinski definition) is 1. The summed E-state index contributed by atoms with van der Waals surface area (Å²) < 4.78 is 0. The van der Waals surface area contributed by atoms with E-state index in [9.17, 15) is 4.79 Å². The zero-order chi connectivity index (χ0) is 15.0. The molecule has 1 rings (SSSR count). The summed E-state index contributed by atoms with van der Waals surface area (Å²) in [7, 11) is 0. The summed E-state index contributed by atoms with van der Waals surface area (Å²) in [5, 5.41) is 3.63. The number of amides is 1. The summed E-state index contributed by atoms with van der Waals surface area (Å²) in [5.41, 5.74) is 0.858. The highest BCUT2D eigenvalue weighted by Gasteiger charge is 2.05. The van der Waals surface area contributed by atoms with Crippen LogP contribution in [0.1, 0.15) is 45.6 Å². The van der Waals surface area contributed by atoms with E-state index < -0.39 is 0 Å². The molecule has 0 saturated heterocycles. The molecule has 20 heavy (non-hydrogen) atoms. The van der Waals surface area contributed by atoms with Crippen molar-refractivity contribution in [2.45, 2.75) is 46.1 Å². The molecule has 2 nitrogen and oxygen atoms in total. The fraction of sp³-hybridized carbons (Fsp3) is 0.471. The van der Waals surface area contributed by atoms with Gasteiger partial charge in [-0.2, -0.15) is 0 Å². The predicted octanol–water partition coefficient (Wildman–Crippen LogP) is 4.68. The Hall–Kier alpha value is -1.28. The van der Waals surface area contributed by atoms with Crippen LogP contribution in [0.25, 0.3) is 6.08 Å². The number of halogens is 1. The largest absolute Gasteiger partial charge is 0.350 e. The molecule has 0 aromatic heterocycles. The lowest BCUT2D eigenvalue weighted by molar-refractivity contribution is -0.117. The van der Waals surface area contributed by atoms with Gasteiger partial charge in [0.15, 0.2) is 0 Å². The Morgan fingerprint density at radius 1 is 1.25 bits per heavy atom. The summed E-state index contributed by atoms with van der Waals surface area (Å²) in [6, 6.07) is 7.68. The van der Waals surface area contributed by atoms with Gasteiger partial charge in [0.2, 0.25) is 5.91 Å². The van der Waals surface area contributed by atoms with Crippen LogP contribution in [0.4, 0.5) is 0 Å². The number of rotatable bonds is 7. The highest BCUT2D eigenvalue weighted by Crippen LogP contribution is 2.16. The minimum atomic E-state index is -0.0676. The average molecular weight is 294 g/mol. The summed E-state index contributed by atoms with van der Waals surface area (Å²) in [5.74, 6) is 0.653. The molecule has 0 aliphatic rings. The van der Waals surface area contributed by atoms with E-state index in [-0.39, 0.29) is 11.9 Å². The fourth-order valence-corrected chi connectivity index (χ4v) is 2.17. The van der Waals surface area contributed by atoms with Gasteiger partial charge in [0.1, 0.15) is 0 Å². The molecular weight excluding hydrogens is 270 g/mol. The van der Waals surface area contributed by atoms with Gasteiger partial charge in [-0.25, -0.2) is 0 Å². The van der Waals surface area contributed by atoms with Crippen LogP contribution >= 0.6 is 11.6 Å². The number of carbonyl (C=O) groups is 1. The third-order valence-corrected chi connectivity index (χ3v) is 3.47. The molecule has 0 aliphatic carbocycles. The van der Waals surface area contributed by atoms with Crippen LogP contribution in [0.2, 0.25) is 5.02 Å². The fourth-order valence-electron chi connectivity index (χ4n) is 1.97. The van der Waals surface area contributed by atoms with E-state index in [0.717, 1.165) is 24.3 Å². The summed E-state index contributed by atoms with van der Waals surface area (Å²) >= 11 is 6.03. The zero-order valence-electron chi connectivity index (χ0n) is 12.5. The first-order valence-corrected chi connectivity index (χ1v) is 7.60. The first-order chi connectivity index (χ1) is 9.49. The van der Waals surface area contributed by atoms with E-state index in [0.29, 0.717) is 5.02 Å². The number of carbonyl (C=O) groups excluding carboxylic acids is 1. The van der Waals surface area contributed by atoms with E-state index in [2.05, 4.69) is 19.2 Å². The summed E-state index contributed by atoms with van der Waals surface area (Å²) in [4.78, 5) is 11.8. The smallest absolute Gasteiger partial charge is 0.244 e. The maximum Gasteiger partial charge on any atom is 0.244 e. The monoisotopic (exact) mass is 293 g/mol. The molecule has 0 aliphatic heterocycles. The van der Waals surface area contributed by atoms with Gasteiger partial charge in [-0.3, -0.25) is 4.79 Å². The third kappa shape index (κ3) is 6.76. The van der Waals surface area contributed by atoms with Gasteiger partial charge < -0.3 is 5.32 Å². The molecule has 1 aromatic carbocycles. The van der Waals surface area contributed by atoms with Gasteiger partial charge in [0, 0.05) is 17.1 Å². The van der Waals surface area contributed by atoms with Crippen molar-refractivity contribution in [2.75, 3.05) is 0 Å². The topological polar surface area (TPSA) is 29.1 Å². The van der Waals surface area contributed by atoms with Gasteiger partial charge in [-0.1, -0.05) is 56.5 Å². The minimum Gasteiger partial charge on any atom is -0.350 e. The molecule has 0 unspecified atom stereocenters. The Balaban J connectivity index is 2.38. The van der Waals surface area contributed by atoms with Crippen LogP contribution in [0, 0.1) is 5.92 Å². The van der Waals surface area contributed by atoms with Crippen molar-refractivity contribution in [2.24, 2.45) is 5.92 Å². The highest BCUT2D eigenvalue weighted by atomic mass is 35.5. The van der Waals surface area contributed by atoms with E-state index in [4.69, 9.17) is 11.6 Å². The Bertz CT molecular complexity index is 454. The Kier molecular flexibility index (Phi) is 7.38. The minimum absolute atomic E-state index is 0.0676. The van der Waals surface area contributed by atoms with Gasteiger partial charge in [0.25, 0.3) is 0 Å². The van der Waals surface area contributed by atoms with Crippen molar-refractivity contribution in [3.8, 4) is 0 Å². The van der Waals surface area contributed by atoms with Crippen molar-refractivity contribution in [3.05, 3.63) is 40.9 Å². The molecule has 1 N–H and O–H groups in total. The predicted molar refractivity (Wildman–Crippen MR) is 86.8 cm³/mol. The third-order valence-electron chi connectivity index (χ3n) is 3.13. The molecule has 0 radical (unpaired) electrons. The maximum atomic E-state index is 11.8. The van der Waals surface area contributed by atoms with Crippen molar-refractivity contribution < 1.29 is 4.79 Å². The average Bonchev–Trinajstić information content (AvgIpc) is 2.37. The molecule has 0 heterocycles. The second-order valence-electron chi connectivity index (χ2n) is 5.59. The number of benzene rings is 1. The van der Waals surface area contributed by atoms with E-state index in [1.165, 1.54) is 6.42 Å². The molecule has 0 spiro atoms. The molecule has 1 atom stereocenters. The zero-order valence-corrected chi connectivity index (χ0v) is 13.3. The van der Waals surface area contributed by atoms with Crippen molar-refractivity contribution >= 4 is 23.6 Å². The molecule has 0 bridgehead atoms. The van der Waals surface area contributed by atoms with Crippen LogP contribution in [-0.4, -0.2) is 11.9 Å². The van der Waals surface area contributed by atoms with E-state index in [1.807, 2.05) is 31.2 Å². The maximum absolute atomic E-state index is 11.8.